The van der Waals surface area contributed by atoms with Crippen molar-refractivity contribution in [3.05, 3.63) is 59.0 Å². The molecule has 1 aliphatic heterocycles. The number of rotatable bonds is 7. The van der Waals surface area contributed by atoms with Crippen molar-refractivity contribution in [3.63, 3.8) is 0 Å². The number of likely N-dealkylation sites (tertiary alicyclic amines) is 1. The Bertz CT molecular complexity index is 804. The second-order valence-corrected chi connectivity index (χ2v) is 6.70. The zero-order chi connectivity index (χ0) is 19.2. The number of hydrogen-bond acceptors (Lipinski definition) is 5. The van der Waals surface area contributed by atoms with E-state index in [1.54, 1.807) is 41.3 Å². The number of furan rings is 1. The first-order valence-electron chi connectivity index (χ1n) is 8.49. The summed E-state index contributed by atoms with van der Waals surface area (Å²) < 4.78 is 10.3. The van der Waals surface area contributed by atoms with Crippen LogP contribution in [0.4, 0.5) is 0 Å². The van der Waals surface area contributed by atoms with E-state index in [0.29, 0.717) is 23.9 Å². The lowest BCUT2D eigenvalue weighted by Crippen LogP contribution is -2.31. The molecule has 2 amide bonds. The molecule has 0 unspecified atom stereocenters. The van der Waals surface area contributed by atoms with Gasteiger partial charge in [-0.05, 0) is 29.8 Å². The van der Waals surface area contributed by atoms with Crippen molar-refractivity contribution in [2.75, 3.05) is 13.2 Å². The molecule has 1 fully saturated rings. The number of esters is 1. The zero-order valence-electron chi connectivity index (χ0n) is 14.5. The Hall–Kier alpha value is -2.80. The van der Waals surface area contributed by atoms with E-state index < -0.39 is 17.8 Å². The minimum absolute atomic E-state index is 0.0753. The van der Waals surface area contributed by atoms with Crippen LogP contribution in [0.2, 0.25) is 5.02 Å². The summed E-state index contributed by atoms with van der Waals surface area (Å²) >= 11 is 5.80. The van der Waals surface area contributed by atoms with Crippen LogP contribution in [0.25, 0.3) is 0 Å². The summed E-state index contributed by atoms with van der Waals surface area (Å²) in [5, 5.41) is 3.28. The Labute approximate surface area is 161 Å². The highest BCUT2D eigenvalue weighted by atomic mass is 35.5. The molecule has 0 saturated carbocycles. The van der Waals surface area contributed by atoms with Gasteiger partial charge in [0, 0.05) is 24.5 Å². The Morgan fingerprint density at radius 3 is 2.74 bits per heavy atom. The second-order valence-electron chi connectivity index (χ2n) is 6.27. The van der Waals surface area contributed by atoms with Gasteiger partial charge < -0.3 is 19.4 Å². The number of halogens is 1. The molecule has 142 valence electrons. The van der Waals surface area contributed by atoms with Gasteiger partial charge in [0.2, 0.25) is 5.91 Å². The zero-order valence-corrected chi connectivity index (χ0v) is 15.3. The Kier molecular flexibility index (Phi) is 6.13. The number of ether oxygens (including phenoxy) is 1. The van der Waals surface area contributed by atoms with Crippen LogP contribution in [0.3, 0.4) is 0 Å². The average molecular weight is 391 g/mol. The summed E-state index contributed by atoms with van der Waals surface area (Å²) in [5.74, 6) is -1.02. The SMILES string of the molecule is O=C(COC(=O)[C@@H]1CC(=O)N(Cc2ccco2)C1)NCc1ccc(Cl)cc1. The van der Waals surface area contributed by atoms with E-state index in [1.165, 1.54) is 6.26 Å². The molecular formula is C19H19ClN2O5. The van der Waals surface area contributed by atoms with E-state index in [9.17, 15) is 14.4 Å². The molecule has 27 heavy (non-hydrogen) atoms. The summed E-state index contributed by atoms with van der Waals surface area (Å²) in [6.07, 6.45) is 1.61. The standard InChI is InChI=1S/C19H19ClN2O5/c20-15-5-3-13(4-6-15)9-21-17(23)12-27-19(25)14-8-18(24)22(10-14)11-16-2-1-7-26-16/h1-7,14H,8-12H2,(H,21,23)/t14-/m1/s1. The Morgan fingerprint density at radius 2 is 2.04 bits per heavy atom. The maximum Gasteiger partial charge on any atom is 0.311 e. The quantitative estimate of drug-likeness (QED) is 0.732. The third-order valence-electron chi connectivity index (χ3n) is 4.22. The normalized spacial score (nSPS) is 16.4. The molecule has 0 aliphatic carbocycles. The molecule has 1 aliphatic rings. The van der Waals surface area contributed by atoms with Crippen LogP contribution in [-0.2, 0) is 32.2 Å². The predicted molar refractivity (Wildman–Crippen MR) is 96.5 cm³/mol. The van der Waals surface area contributed by atoms with Gasteiger partial charge >= 0.3 is 5.97 Å². The smallest absolute Gasteiger partial charge is 0.311 e. The van der Waals surface area contributed by atoms with Crippen molar-refractivity contribution < 1.29 is 23.5 Å². The van der Waals surface area contributed by atoms with E-state index in [1.807, 2.05) is 0 Å². The first-order chi connectivity index (χ1) is 13.0. The van der Waals surface area contributed by atoms with Gasteiger partial charge in [-0.15, -0.1) is 0 Å². The Balaban J connectivity index is 1.40. The van der Waals surface area contributed by atoms with Crippen molar-refractivity contribution in [2.24, 2.45) is 5.92 Å². The van der Waals surface area contributed by atoms with Crippen LogP contribution in [0.5, 0.6) is 0 Å². The van der Waals surface area contributed by atoms with Gasteiger partial charge in [0.05, 0.1) is 18.7 Å². The third-order valence-corrected chi connectivity index (χ3v) is 4.48. The summed E-state index contributed by atoms with van der Waals surface area (Å²) in [5.41, 5.74) is 0.883. The fraction of sp³-hybridized carbons (Fsp3) is 0.316. The highest BCUT2D eigenvalue weighted by Crippen LogP contribution is 2.21. The van der Waals surface area contributed by atoms with Gasteiger partial charge in [-0.1, -0.05) is 23.7 Å². The molecule has 1 aromatic carbocycles. The highest BCUT2D eigenvalue weighted by Gasteiger charge is 2.35. The Morgan fingerprint density at radius 1 is 1.26 bits per heavy atom. The summed E-state index contributed by atoms with van der Waals surface area (Å²) in [4.78, 5) is 37.5. The van der Waals surface area contributed by atoms with Crippen molar-refractivity contribution in [1.29, 1.82) is 0 Å². The molecular weight excluding hydrogens is 372 g/mol. The monoisotopic (exact) mass is 390 g/mol. The van der Waals surface area contributed by atoms with Crippen LogP contribution in [0.15, 0.2) is 47.1 Å². The lowest BCUT2D eigenvalue weighted by atomic mass is 10.1. The van der Waals surface area contributed by atoms with E-state index in [0.717, 1.165) is 5.56 Å². The van der Waals surface area contributed by atoms with Crippen molar-refractivity contribution in [3.8, 4) is 0 Å². The maximum atomic E-state index is 12.1. The molecule has 8 heteroatoms. The highest BCUT2D eigenvalue weighted by molar-refractivity contribution is 6.30. The summed E-state index contributed by atoms with van der Waals surface area (Å²) in [6, 6.07) is 10.6. The third kappa shape index (κ3) is 5.34. The van der Waals surface area contributed by atoms with Gasteiger partial charge in [-0.2, -0.15) is 0 Å². The van der Waals surface area contributed by atoms with Gasteiger partial charge in [-0.25, -0.2) is 0 Å². The van der Waals surface area contributed by atoms with Crippen LogP contribution in [0, 0.1) is 5.92 Å². The molecule has 0 bridgehead atoms. The lowest BCUT2D eigenvalue weighted by Gasteiger charge is -2.14. The van der Waals surface area contributed by atoms with Gasteiger partial charge in [0.15, 0.2) is 6.61 Å². The molecule has 7 nitrogen and oxygen atoms in total. The van der Waals surface area contributed by atoms with Gasteiger partial charge in [0.25, 0.3) is 5.91 Å². The van der Waals surface area contributed by atoms with Gasteiger partial charge in [-0.3, -0.25) is 14.4 Å². The van der Waals surface area contributed by atoms with Crippen molar-refractivity contribution in [1.82, 2.24) is 10.2 Å². The second kappa shape index (κ2) is 8.73. The molecule has 1 saturated heterocycles. The number of amides is 2. The van der Waals surface area contributed by atoms with E-state index in [2.05, 4.69) is 5.32 Å². The molecule has 1 N–H and O–H groups in total. The number of carbonyl (C=O) groups excluding carboxylic acids is 3. The number of nitrogens with zero attached hydrogens (tertiary/aromatic N) is 1. The molecule has 0 spiro atoms. The predicted octanol–water partition coefficient (Wildman–Crippen LogP) is 2.14. The topological polar surface area (TPSA) is 88.9 Å². The van der Waals surface area contributed by atoms with Crippen LogP contribution >= 0.6 is 11.6 Å². The average Bonchev–Trinajstić information content (AvgIpc) is 3.30. The summed E-state index contributed by atoms with van der Waals surface area (Å²) in [7, 11) is 0. The first kappa shape index (κ1) is 19.0. The van der Waals surface area contributed by atoms with Gasteiger partial charge in [0.1, 0.15) is 5.76 Å². The molecule has 1 aromatic heterocycles. The van der Waals surface area contributed by atoms with E-state index >= 15 is 0 Å². The fourth-order valence-electron chi connectivity index (χ4n) is 2.78. The molecule has 1 atom stereocenters. The maximum absolute atomic E-state index is 12.1. The largest absolute Gasteiger partial charge is 0.467 e. The molecule has 3 rings (SSSR count). The van der Waals surface area contributed by atoms with E-state index in [4.69, 9.17) is 20.8 Å². The first-order valence-corrected chi connectivity index (χ1v) is 8.87. The lowest BCUT2D eigenvalue weighted by molar-refractivity contribution is -0.152. The molecule has 2 heterocycles. The minimum Gasteiger partial charge on any atom is -0.467 e. The van der Waals surface area contributed by atoms with Crippen molar-refractivity contribution >= 4 is 29.4 Å². The van der Waals surface area contributed by atoms with Crippen LogP contribution < -0.4 is 5.32 Å². The number of benzene rings is 1. The van der Waals surface area contributed by atoms with Crippen molar-refractivity contribution in [2.45, 2.75) is 19.5 Å². The number of carbonyl (C=O) groups is 3. The van der Waals surface area contributed by atoms with Crippen LogP contribution in [0.1, 0.15) is 17.7 Å². The summed E-state index contributed by atoms with van der Waals surface area (Å²) in [6.45, 7) is 0.504. The van der Waals surface area contributed by atoms with Crippen LogP contribution in [-0.4, -0.2) is 35.8 Å². The molecule has 2 aromatic rings. The molecule has 0 radical (unpaired) electrons. The number of nitrogens with one attached hydrogen (secondary N) is 1. The van der Waals surface area contributed by atoms with E-state index in [-0.39, 0.29) is 25.5 Å². The minimum atomic E-state index is -0.573. The number of hydrogen-bond donors (Lipinski definition) is 1. The fourth-order valence-corrected chi connectivity index (χ4v) is 2.91.